The van der Waals surface area contributed by atoms with Crippen molar-refractivity contribution in [2.45, 2.75) is 32.2 Å². The SMILES string of the molecule is Cc1ncccc1C(=O)N1CCCCC1C(N)=S. The first kappa shape index (κ1) is 13.0. The molecular weight excluding hydrogens is 246 g/mol. The van der Waals surface area contributed by atoms with Crippen LogP contribution in [0.1, 0.15) is 35.3 Å². The van der Waals surface area contributed by atoms with Crippen molar-refractivity contribution in [1.82, 2.24) is 9.88 Å². The summed E-state index contributed by atoms with van der Waals surface area (Å²) in [6, 6.07) is 3.47. The predicted molar refractivity (Wildman–Crippen MR) is 74.4 cm³/mol. The molecule has 2 N–H and O–H groups in total. The van der Waals surface area contributed by atoms with Crippen LogP contribution >= 0.6 is 12.2 Å². The zero-order valence-corrected chi connectivity index (χ0v) is 11.2. The fourth-order valence-corrected chi connectivity index (χ4v) is 2.58. The number of hydrogen-bond donors (Lipinski definition) is 1. The van der Waals surface area contributed by atoms with Gasteiger partial charge in [-0.2, -0.15) is 0 Å². The van der Waals surface area contributed by atoms with Crippen LogP contribution in [0.3, 0.4) is 0 Å². The minimum atomic E-state index is -0.110. The first-order valence-electron chi connectivity index (χ1n) is 6.13. The van der Waals surface area contributed by atoms with Gasteiger partial charge in [0.2, 0.25) is 0 Å². The van der Waals surface area contributed by atoms with Gasteiger partial charge in [-0.3, -0.25) is 9.78 Å². The molecule has 1 aliphatic heterocycles. The maximum absolute atomic E-state index is 12.5. The fourth-order valence-electron chi connectivity index (χ4n) is 2.34. The Bertz CT molecular complexity index is 475. The molecule has 1 aromatic heterocycles. The van der Waals surface area contributed by atoms with Crippen LogP contribution in [0.4, 0.5) is 0 Å². The molecule has 18 heavy (non-hydrogen) atoms. The van der Waals surface area contributed by atoms with Crippen LogP contribution in [-0.4, -0.2) is 33.4 Å². The van der Waals surface area contributed by atoms with E-state index in [-0.39, 0.29) is 11.9 Å². The molecular formula is C13H17N3OS. The highest BCUT2D eigenvalue weighted by Crippen LogP contribution is 2.20. The van der Waals surface area contributed by atoms with E-state index >= 15 is 0 Å². The van der Waals surface area contributed by atoms with Crippen molar-refractivity contribution in [2.24, 2.45) is 5.73 Å². The van der Waals surface area contributed by atoms with Gasteiger partial charge >= 0.3 is 0 Å². The fraction of sp³-hybridized carbons (Fsp3) is 0.462. The number of aromatic nitrogens is 1. The lowest BCUT2D eigenvalue weighted by Crippen LogP contribution is -2.50. The van der Waals surface area contributed by atoms with Crippen LogP contribution in [0.15, 0.2) is 18.3 Å². The first-order chi connectivity index (χ1) is 8.61. The Hall–Kier alpha value is -1.49. The second-order valence-corrected chi connectivity index (χ2v) is 5.02. The summed E-state index contributed by atoms with van der Waals surface area (Å²) < 4.78 is 0. The second-order valence-electron chi connectivity index (χ2n) is 4.55. The third-order valence-electron chi connectivity index (χ3n) is 3.33. The lowest BCUT2D eigenvalue weighted by molar-refractivity contribution is 0.0680. The molecule has 1 saturated heterocycles. The smallest absolute Gasteiger partial charge is 0.256 e. The number of carbonyl (C=O) groups is 1. The summed E-state index contributed by atoms with van der Waals surface area (Å²) in [5.41, 5.74) is 7.12. The minimum absolute atomic E-state index is 0.0156. The number of amides is 1. The Kier molecular flexibility index (Phi) is 3.91. The molecule has 2 rings (SSSR count). The third-order valence-corrected chi connectivity index (χ3v) is 3.60. The lowest BCUT2D eigenvalue weighted by Gasteiger charge is -2.35. The third kappa shape index (κ3) is 2.51. The van der Waals surface area contributed by atoms with E-state index in [0.717, 1.165) is 31.5 Å². The number of nitrogens with zero attached hydrogens (tertiary/aromatic N) is 2. The van der Waals surface area contributed by atoms with E-state index in [0.29, 0.717) is 10.6 Å². The Morgan fingerprint density at radius 2 is 2.33 bits per heavy atom. The molecule has 1 amide bonds. The molecule has 2 heterocycles. The number of rotatable bonds is 2. The van der Waals surface area contributed by atoms with Gasteiger partial charge in [0, 0.05) is 18.4 Å². The Morgan fingerprint density at radius 3 is 3.00 bits per heavy atom. The van der Waals surface area contributed by atoms with Gasteiger partial charge in [0.25, 0.3) is 5.91 Å². The number of hydrogen-bond acceptors (Lipinski definition) is 3. The quantitative estimate of drug-likeness (QED) is 0.825. The molecule has 1 aliphatic rings. The molecule has 0 saturated carbocycles. The number of aryl methyl sites for hydroxylation is 1. The van der Waals surface area contributed by atoms with Crippen molar-refractivity contribution in [3.63, 3.8) is 0 Å². The van der Waals surface area contributed by atoms with E-state index in [1.165, 1.54) is 0 Å². The summed E-state index contributed by atoms with van der Waals surface area (Å²) in [6.07, 6.45) is 4.62. The maximum atomic E-state index is 12.5. The van der Waals surface area contributed by atoms with Crippen molar-refractivity contribution in [1.29, 1.82) is 0 Å². The maximum Gasteiger partial charge on any atom is 0.256 e. The largest absolute Gasteiger partial charge is 0.392 e. The van der Waals surface area contributed by atoms with Crippen LogP contribution in [0.2, 0.25) is 0 Å². The van der Waals surface area contributed by atoms with Crippen LogP contribution in [0.25, 0.3) is 0 Å². The van der Waals surface area contributed by atoms with Crippen molar-refractivity contribution >= 4 is 23.1 Å². The van der Waals surface area contributed by atoms with E-state index < -0.39 is 0 Å². The van der Waals surface area contributed by atoms with Crippen LogP contribution in [-0.2, 0) is 0 Å². The van der Waals surface area contributed by atoms with Crippen molar-refractivity contribution < 1.29 is 4.79 Å². The van der Waals surface area contributed by atoms with Gasteiger partial charge in [0.15, 0.2) is 0 Å². The molecule has 1 unspecified atom stereocenters. The van der Waals surface area contributed by atoms with Crippen LogP contribution < -0.4 is 5.73 Å². The molecule has 5 heteroatoms. The summed E-state index contributed by atoms with van der Waals surface area (Å²) in [4.78, 5) is 18.9. The van der Waals surface area contributed by atoms with E-state index in [1.54, 1.807) is 23.2 Å². The van der Waals surface area contributed by atoms with Crippen molar-refractivity contribution in [2.75, 3.05) is 6.54 Å². The zero-order valence-electron chi connectivity index (χ0n) is 10.4. The highest BCUT2D eigenvalue weighted by molar-refractivity contribution is 7.80. The molecule has 0 spiro atoms. The molecule has 1 fully saturated rings. The van der Waals surface area contributed by atoms with E-state index in [2.05, 4.69) is 4.98 Å². The zero-order chi connectivity index (χ0) is 13.1. The number of likely N-dealkylation sites (tertiary alicyclic amines) is 1. The van der Waals surface area contributed by atoms with Gasteiger partial charge in [-0.05, 0) is 38.3 Å². The monoisotopic (exact) mass is 263 g/mol. The van der Waals surface area contributed by atoms with Crippen molar-refractivity contribution in [3.8, 4) is 0 Å². The number of nitrogens with two attached hydrogens (primary N) is 1. The van der Waals surface area contributed by atoms with E-state index in [1.807, 2.05) is 6.92 Å². The average molecular weight is 263 g/mol. The van der Waals surface area contributed by atoms with Gasteiger partial charge in [-0.1, -0.05) is 12.2 Å². The van der Waals surface area contributed by atoms with Crippen LogP contribution in [0, 0.1) is 6.92 Å². The molecule has 1 atom stereocenters. The first-order valence-corrected chi connectivity index (χ1v) is 6.54. The van der Waals surface area contributed by atoms with Gasteiger partial charge in [-0.15, -0.1) is 0 Å². The standard InChI is InChI=1S/C13H17N3OS/c1-9-10(5-4-7-15-9)13(17)16-8-3-2-6-11(16)12(14)18/h4-5,7,11H,2-3,6,8H2,1H3,(H2,14,18). The Balaban J connectivity index is 2.27. The molecule has 0 aliphatic carbocycles. The van der Waals surface area contributed by atoms with E-state index in [9.17, 15) is 4.79 Å². The lowest BCUT2D eigenvalue weighted by atomic mass is 10.0. The molecule has 1 aromatic rings. The molecule has 0 bridgehead atoms. The van der Waals surface area contributed by atoms with Crippen LogP contribution in [0.5, 0.6) is 0 Å². The summed E-state index contributed by atoms with van der Waals surface area (Å²) in [7, 11) is 0. The summed E-state index contributed by atoms with van der Waals surface area (Å²) in [5.74, 6) is -0.0156. The molecule has 0 radical (unpaired) electrons. The summed E-state index contributed by atoms with van der Waals surface area (Å²) >= 11 is 5.06. The highest BCUT2D eigenvalue weighted by atomic mass is 32.1. The number of pyridine rings is 1. The van der Waals surface area contributed by atoms with Crippen molar-refractivity contribution in [3.05, 3.63) is 29.6 Å². The summed E-state index contributed by atoms with van der Waals surface area (Å²) in [5, 5.41) is 0. The van der Waals surface area contributed by atoms with E-state index in [4.69, 9.17) is 18.0 Å². The summed E-state index contributed by atoms with van der Waals surface area (Å²) in [6.45, 7) is 2.56. The number of piperidine rings is 1. The molecule has 4 nitrogen and oxygen atoms in total. The van der Waals surface area contributed by atoms with Gasteiger partial charge in [-0.25, -0.2) is 0 Å². The molecule has 0 aromatic carbocycles. The normalized spacial score (nSPS) is 19.6. The minimum Gasteiger partial charge on any atom is -0.392 e. The Labute approximate surface area is 112 Å². The second kappa shape index (κ2) is 5.44. The molecule has 96 valence electrons. The topological polar surface area (TPSA) is 59.2 Å². The van der Waals surface area contributed by atoms with Gasteiger partial charge in [0.1, 0.15) is 0 Å². The van der Waals surface area contributed by atoms with Gasteiger partial charge in [0.05, 0.1) is 16.6 Å². The Morgan fingerprint density at radius 1 is 1.56 bits per heavy atom. The predicted octanol–water partition coefficient (Wildman–Crippen LogP) is 1.67. The number of thiocarbonyl (C=S) groups is 1. The number of carbonyl (C=O) groups excluding carboxylic acids is 1. The van der Waals surface area contributed by atoms with Gasteiger partial charge < -0.3 is 10.6 Å². The highest BCUT2D eigenvalue weighted by Gasteiger charge is 2.29. The average Bonchev–Trinajstić information content (AvgIpc) is 2.38.